The quantitative estimate of drug-likeness (QED) is 0.869. The highest BCUT2D eigenvalue weighted by molar-refractivity contribution is 5.34. The van der Waals surface area contributed by atoms with Gasteiger partial charge in [0.1, 0.15) is 0 Å². The zero-order valence-electron chi connectivity index (χ0n) is 12.6. The number of nitrogens with one attached hydrogen (secondary N) is 1. The van der Waals surface area contributed by atoms with E-state index in [4.69, 9.17) is 4.74 Å². The molecule has 2 heteroatoms. The molecule has 20 heavy (non-hydrogen) atoms. The second-order valence-electron chi connectivity index (χ2n) is 6.32. The predicted octanol–water partition coefficient (Wildman–Crippen LogP) is 4.17. The van der Waals surface area contributed by atoms with Crippen molar-refractivity contribution in [1.82, 2.24) is 5.32 Å². The molecule has 0 bridgehead atoms. The Labute approximate surface area is 122 Å². The molecule has 3 rings (SSSR count). The zero-order valence-corrected chi connectivity index (χ0v) is 12.6. The molecule has 0 aromatic heterocycles. The van der Waals surface area contributed by atoms with E-state index in [1.165, 1.54) is 44.1 Å². The van der Waals surface area contributed by atoms with E-state index in [9.17, 15) is 0 Å². The van der Waals surface area contributed by atoms with Crippen molar-refractivity contribution in [1.29, 1.82) is 0 Å². The minimum Gasteiger partial charge on any atom is -0.378 e. The molecule has 1 aliphatic carbocycles. The third-order valence-electron chi connectivity index (χ3n) is 5.04. The molecule has 1 N–H and O–H groups in total. The van der Waals surface area contributed by atoms with Crippen molar-refractivity contribution >= 4 is 0 Å². The van der Waals surface area contributed by atoms with Gasteiger partial charge in [-0.1, -0.05) is 30.7 Å². The molecule has 1 aromatic rings. The molecule has 1 saturated carbocycles. The molecular weight excluding hydrogens is 246 g/mol. The fraction of sp³-hybridized carbons (Fsp3) is 0.667. The van der Waals surface area contributed by atoms with E-state index >= 15 is 0 Å². The Kier molecular flexibility index (Phi) is 4.74. The first-order valence-electron chi connectivity index (χ1n) is 8.26. The van der Waals surface area contributed by atoms with Gasteiger partial charge in [0.05, 0.1) is 6.10 Å². The predicted molar refractivity (Wildman–Crippen MR) is 83.0 cm³/mol. The molecule has 0 spiro atoms. The number of benzene rings is 1. The molecule has 110 valence electrons. The molecule has 1 aromatic carbocycles. The van der Waals surface area contributed by atoms with Gasteiger partial charge in [-0.2, -0.15) is 0 Å². The lowest BCUT2D eigenvalue weighted by Crippen LogP contribution is -2.28. The standard InChI is InChI=1S/C18H27NO/c1-19-18(13-15-9-4-5-12-20-15)17-11-3-2-10-16(17)14-7-6-8-14/h2-3,10-11,14-15,18-19H,4-9,12-13H2,1H3. The van der Waals surface area contributed by atoms with Crippen LogP contribution in [0.3, 0.4) is 0 Å². The summed E-state index contributed by atoms with van der Waals surface area (Å²) in [5.74, 6) is 0.800. The Morgan fingerprint density at radius 1 is 1.15 bits per heavy atom. The number of rotatable bonds is 5. The Balaban J connectivity index is 1.74. The van der Waals surface area contributed by atoms with E-state index in [0.29, 0.717) is 12.1 Å². The Bertz CT molecular complexity index is 421. The Morgan fingerprint density at radius 2 is 2.00 bits per heavy atom. The van der Waals surface area contributed by atoms with Crippen LogP contribution >= 0.6 is 0 Å². The summed E-state index contributed by atoms with van der Waals surface area (Å²) in [5, 5.41) is 3.53. The first-order valence-corrected chi connectivity index (χ1v) is 8.26. The van der Waals surface area contributed by atoms with Crippen LogP contribution in [-0.4, -0.2) is 19.8 Å². The zero-order chi connectivity index (χ0) is 13.8. The summed E-state index contributed by atoms with van der Waals surface area (Å²) < 4.78 is 5.93. The van der Waals surface area contributed by atoms with Crippen LogP contribution in [0, 0.1) is 0 Å². The van der Waals surface area contributed by atoms with Gasteiger partial charge in [0.25, 0.3) is 0 Å². The molecule has 0 amide bonds. The van der Waals surface area contributed by atoms with Gasteiger partial charge in [-0.15, -0.1) is 0 Å². The van der Waals surface area contributed by atoms with Crippen molar-refractivity contribution in [2.24, 2.45) is 0 Å². The van der Waals surface area contributed by atoms with Crippen molar-refractivity contribution in [3.05, 3.63) is 35.4 Å². The second kappa shape index (κ2) is 6.73. The highest BCUT2D eigenvalue weighted by Crippen LogP contribution is 2.40. The van der Waals surface area contributed by atoms with Crippen LogP contribution < -0.4 is 5.32 Å². The lowest BCUT2D eigenvalue weighted by Gasteiger charge is -2.32. The number of hydrogen-bond acceptors (Lipinski definition) is 2. The van der Waals surface area contributed by atoms with E-state index in [0.717, 1.165) is 18.9 Å². The summed E-state index contributed by atoms with van der Waals surface area (Å²) in [6, 6.07) is 9.47. The average Bonchev–Trinajstić information content (AvgIpc) is 2.45. The first kappa shape index (κ1) is 14.1. The Hall–Kier alpha value is -0.860. The average molecular weight is 273 g/mol. The van der Waals surface area contributed by atoms with Crippen molar-refractivity contribution in [2.75, 3.05) is 13.7 Å². The lowest BCUT2D eigenvalue weighted by molar-refractivity contribution is 0.00539. The lowest BCUT2D eigenvalue weighted by atomic mass is 9.76. The molecule has 1 saturated heterocycles. The van der Waals surface area contributed by atoms with Crippen LogP contribution in [0.4, 0.5) is 0 Å². The van der Waals surface area contributed by atoms with Crippen molar-refractivity contribution in [3.8, 4) is 0 Å². The van der Waals surface area contributed by atoms with E-state index in [1.54, 1.807) is 5.56 Å². The topological polar surface area (TPSA) is 21.3 Å². The normalized spacial score (nSPS) is 25.1. The minimum absolute atomic E-state index is 0.440. The van der Waals surface area contributed by atoms with Gasteiger partial charge in [-0.05, 0) is 62.6 Å². The maximum absolute atomic E-state index is 5.93. The van der Waals surface area contributed by atoms with Crippen LogP contribution in [0.15, 0.2) is 24.3 Å². The SMILES string of the molecule is CNC(CC1CCCCO1)c1ccccc1C1CCC1. The van der Waals surface area contributed by atoms with E-state index in [-0.39, 0.29) is 0 Å². The summed E-state index contributed by atoms with van der Waals surface area (Å²) in [5.41, 5.74) is 3.09. The van der Waals surface area contributed by atoms with Crippen molar-refractivity contribution in [2.45, 2.75) is 63.0 Å². The number of hydrogen-bond donors (Lipinski definition) is 1. The summed E-state index contributed by atoms with van der Waals surface area (Å²) in [6.07, 6.45) is 9.47. The third-order valence-corrected chi connectivity index (χ3v) is 5.04. The van der Waals surface area contributed by atoms with E-state index in [2.05, 4.69) is 36.6 Å². The molecule has 1 aliphatic heterocycles. The largest absolute Gasteiger partial charge is 0.378 e. The van der Waals surface area contributed by atoms with Crippen molar-refractivity contribution in [3.63, 3.8) is 0 Å². The fourth-order valence-corrected chi connectivity index (χ4v) is 3.58. The fourth-order valence-electron chi connectivity index (χ4n) is 3.58. The van der Waals surface area contributed by atoms with Gasteiger partial charge < -0.3 is 10.1 Å². The smallest absolute Gasteiger partial charge is 0.0593 e. The molecule has 2 unspecified atom stereocenters. The molecule has 2 nitrogen and oxygen atoms in total. The monoisotopic (exact) mass is 273 g/mol. The maximum Gasteiger partial charge on any atom is 0.0593 e. The molecule has 1 heterocycles. The summed E-state index contributed by atoms with van der Waals surface area (Å²) >= 11 is 0. The highest BCUT2D eigenvalue weighted by atomic mass is 16.5. The van der Waals surface area contributed by atoms with E-state index in [1.807, 2.05) is 0 Å². The number of ether oxygens (including phenoxy) is 1. The highest BCUT2D eigenvalue weighted by Gasteiger charge is 2.26. The minimum atomic E-state index is 0.440. The summed E-state index contributed by atoms with van der Waals surface area (Å²) in [6.45, 7) is 0.950. The maximum atomic E-state index is 5.93. The van der Waals surface area contributed by atoms with Crippen LogP contribution in [0.25, 0.3) is 0 Å². The summed E-state index contributed by atoms with van der Waals surface area (Å²) in [4.78, 5) is 0. The Morgan fingerprint density at radius 3 is 2.65 bits per heavy atom. The van der Waals surface area contributed by atoms with Gasteiger partial charge in [0.15, 0.2) is 0 Å². The molecule has 2 aliphatic rings. The first-order chi connectivity index (χ1) is 9.88. The van der Waals surface area contributed by atoms with Crippen LogP contribution in [0.2, 0.25) is 0 Å². The van der Waals surface area contributed by atoms with Gasteiger partial charge in [0.2, 0.25) is 0 Å². The van der Waals surface area contributed by atoms with Gasteiger partial charge in [0, 0.05) is 12.6 Å². The van der Waals surface area contributed by atoms with E-state index < -0.39 is 0 Å². The van der Waals surface area contributed by atoms with Gasteiger partial charge >= 0.3 is 0 Å². The third kappa shape index (κ3) is 3.07. The molecule has 0 radical (unpaired) electrons. The molecule has 2 atom stereocenters. The van der Waals surface area contributed by atoms with Crippen LogP contribution in [-0.2, 0) is 4.74 Å². The van der Waals surface area contributed by atoms with Gasteiger partial charge in [-0.25, -0.2) is 0 Å². The summed E-state index contributed by atoms with van der Waals surface area (Å²) in [7, 11) is 2.09. The molecule has 2 fully saturated rings. The van der Waals surface area contributed by atoms with Gasteiger partial charge in [-0.3, -0.25) is 0 Å². The molecular formula is C18H27NO. The van der Waals surface area contributed by atoms with Crippen LogP contribution in [0.1, 0.15) is 68.0 Å². The second-order valence-corrected chi connectivity index (χ2v) is 6.32. The van der Waals surface area contributed by atoms with Crippen LogP contribution in [0.5, 0.6) is 0 Å². The van der Waals surface area contributed by atoms with Crippen molar-refractivity contribution < 1.29 is 4.74 Å².